The Labute approximate surface area is 188 Å². The van der Waals surface area contributed by atoms with Gasteiger partial charge in [-0.05, 0) is 48.6 Å². The molecule has 0 bridgehead atoms. The summed E-state index contributed by atoms with van der Waals surface area (Å²) in [7, 11) is 0. The molecule has 1 aromatic heterocycles. The molecule has 0 fully saturated rings. The number of anilines is 2. The first-order chi connectivity index (χ1) is 15.1. The first kappa shape index (κ1) is 23.4. The van der Waals surface area contributed by atoms with Crippen LogP contribution in [0.1, 0.15) is 39.2 Å². The average molecular weight is 441 g/mol. The number of rotatable bonds is 9. The Morgan fingerprint density at radius 1 is 1.19 bits per heavy atom. The van der Waals surface area contributed by atoms with Gasteiger partial charge in [0, 0.05) is 36.2 Å². The van der Waals surface area contributed by atoms with Crippen LogP contribution >= 0.6 is 0 Å². The number of allylic oxidation sites excluding steroid dienone is 2. The second-order valence-corrected chi connectivity index (χ2v) is 8.93. The van der Waals surface area contributed by atoms with E-state index in [0.29, 0.717) is 36.5 Å². The maximum atomic E-state index is 13.0. The number of pyridine rings is 1. The summed E-state index contributed by atoms with van der Waals surface area (Å²) >= 11 is 0. The zero-order valence-corrected chi connectivity index (χ0v) is 18.7. The van der Waals surface area contributed by atoms with Gasteiger partial charge in [-0.3, -0.25) is 4.79 Å². The summed E-state index contributed by atoms with van der Waals surface area (Å²) in [4.78, 5) is 17.1. The van der Waals surface area contributed by atoms with Crippen LogP contribution in [0, 0.1) is 5.41 Å². The number of carbonyl (C=O) groups excluding carboxylic acids is 1. The molecule has 0 radical (unpaired) electrons. The minimum atomic E-state index is -2.48. The molecule has 2 aromatic rings. The number of Topliss-reactive ketones (excluding diaryl/α,β-unsaturated/α-hetero) is 1. The molecule has 0 saturated heterocycles. The number of alkyl halides is 2. The van der Waals surface area contributed by atoms with Crippen molar-refractivity contribution >= 4 is 17.3 Å². The van der Waals surface area contributed by atoms with Crippen LogP contribution in [0.25, 0.3) is 0 Å². The van der Waals surface area contributed by atoms with Crippen molar-refractivity contribution in [2.75, 3.05) is 10.6 Å². The lowest BCUT2D eigenvalue weighted by atomic mass is 9.75. The Morgan fingerprint density at radius 3 is 2.59 bits per heavy atom. The second-order valence-electron chi connectivity index (χ2n) is 8.93. The summed E-state index contributed by atoms with van der Waals surface area (Å²) < 4.78 is 25.7. The van der Waals surface area contributed by atoms with Crippen molar-refractivity contribution in [1.29, 1.82) is 0 Å². The number of nitrogens with zero attached hydrogens (tertiary/aromatic N) is 1. The van der Waals surface area contributed by atoms with Gasteiger partial charge in [-0.1, -0.05) is 38.6 Å². The van der Waals surface area contributed by atoms with E-state index < -0.39 is 12.5 Å². The number of hydrogen-bond donors (Lipinski definition) is 3. The summed E-state index contributed by atoms with van der Waals surface area (Å²) in [5.74, 6) is 0.432. The highest BCUT2D eigenvalue weighted by molar-refractivity contribution is 6.02. The van der Waals surface area contributed by atoms with Crippen molar-refractivity contribution in [3.8, 4) is 0 Å². The molecule has 1 atom stereocenters. The van der Waals surface area contributed by atoms with Crippen molar-refractivity contribution in [3.63, 3.8) is 0 Å². The molecular weight excluding hydrogens is 410 g/mol. The van der Waals surface area contributed by atoms with Gasteiger partial charge >= 0.3 is 0 Å². The van der Waals surface area contributed by atoms with Crippen LogP contribution in [0.4, 0.5) is 20.3 Å². The number of hydrogen-bond acceptors (Lipinski definition) is 5. The van der Waals surface area contributed by atoms with E-state index in [1.807, 2.05) is 36.4 Å². The molecule has 1 unspecified atom stereocenters. The monoisotopic (exact) mass is 440 g/mol. The predicted octanol–water partition coefficient (Wildman–Crippen LogP) is 5.51. The summed E-state index contributed by atoms with van der Waals surface area (Å²) in [6, 6.07) is 12.2. The minimum absolute atomic E-state index is 0.0417. The lowest BCUT2D eigenvalue weighted by Crippen LogP contribution is -2.32. The summed E-state index contributed by atoms with van der Waals surface area (Å²) in [6.07, 6.45) is 0.239. The first-order valence-electron chi connectivity index (χ1n) is 10.7. The van der Waals surface area contributed by atoms with E-state index in [1.54, 1.807) is 12.3 Å². The van der Waals surface area contributed by atoms with Crippen molar-refractivity contribution in [3.05, 3.63) is 77.8 Å². The largest absolute Gasteiger partial charge is 0.384 e. The van der Waals surface area contributed by atoms with Gasteiger partial charge in [0.15, 0.2) is 5.78 Å². The van der Waals surface area contributed by atoms with Gasteiger partial charge in [-0.2, -0.15) is 0 Å². The van der Waals surface area contributed by atoms with E-state index in [-0.39, 0.29) is 11.2 Å². The van der Waals surface area contributed by atoms with Crippen LogP contribution in [-0.2, 0) is 11.3 Å². The SMILES string of the molecule is C=C(Nc1ccccc1)C1=C(NCc2ccnc(NC(C)C(F)F)c2)CC(C)(C)CC1=O. The number of nitrogens with one attached hydrogen (secondary N) is 3. The molecule has 32 heavy (non-hydrogen) atoms. The molecule has 170 valence electrons. The van der Waals surface area contributed by atoms with Crippen molar-refractivity contribution in [2.45, 2.75) is 52.6 Å². The number of carbonyl (C=O) groups is 1. The van der Waals surface area contributed by atoms with Gasteiger partial charge in [-0.25, -0.2) is 13.8 Å². The fraction of sp³-hybridized carbons (Fsp3) is 0.360. The fourth-order valence-corrected chi connectivity index (χ4v) is 3.75. The standard InChI is InChI=1S/C25H30F2N4O/c1-16(30-19-8-6-5-7-9-19)23-20(13-25(3,4)14-21(23)32)29-15-18-10-11-28-22(12-18)31-17(2)24(26)27/h5-12,17,24,29-30H,1,13-15H2,2-4H3,(H,28,31). The molecule has 5 nitrogen and oxygen atoms in total. The van der Waals surface area contributed by atoms with Gasteiger partial charge in [0.1, 0.15) is 5.82 Å². The molecule has 1 heterocycles. The Hall–Kier alpha value is -3.22. The minimum Gasteiger partial charge on any atom is -0.384 e. The number of aromatic nitrogens is 1. The van der Waals surface area contributed by atoms with Crippen LogP contribution in [0.3, 0.4) is 0 Å². The lowest BCUT2D eigenvalue weighted by molar-refractivity contribution is -0.117. The Bertz CT molecular complexity index is 1000. The zero-order chi connectivity index (χ0) is 23.3. The summed E-state index contributed by atoms with van der Waals surface area (Å²) in [6.45, 7) is 10.1. The van der Waals surface area contributed by atoms with E-state index in [1.165, 1.54) is 6.92 Å². The highest BCUT2D eigenvalue weighted by Crippen LogP contribution is 2.38. The Morgan fingerprint density at radius 2 is 1.91 bits per heavy atom. The molecule has 3 rings (SSSR count). The molecule has 0 aliphatic heterocycles. The first-order valence-corrected chi connectivity index (χ1v) is 10.7. The van der Waals surface area contributed by atoms with E-state index in [4.69, 9.17) is 0 Å². The maximum absolute atomic E-state index is 13.0. The summed E-state index contributed by atoms with van der Waals surface area (Å²) in [5, 5.41) is 9.35. The quantitative estimate of drug-likeness (QED) is 0.480. The molecular formula is C25H30F2N4O. The van der Waals surface area contributed by atoms with Gasteiger partial charge in [0.25, 0.3) is 6.43 Å². The van der Waals surface area contributed by atoms with Crippen molar-refractivity contribution < 1.29 is 13.6 Å². The third-order valence-electron chi connectivity index (χ3n) is 5.33. The van der Waals surface area contributed by atoms with Crippen LogP contribution < -0.4 is 16.0 Å². The second kappa shape index (κ2) is 9.94. The van der Waals surface area contributed by atoms with Gasteiger partial charge in [-0.15, -0.1) is 0 Å². The molecule has 1 aromatic carbocycles. The van der Waals surface area contributed by atoms with Crippen molar-refractivity contribution in [1.82, 2.24) is 10.3 Å². The molecule has 3 N–H and O–H groups in total. The van der Waals surface area contributed by atoms with Crippen molar-refractivity contribution in [2.24, 2.45) is 5.41 Å². The van der Waals surface area contributed by atoms with Crippen LogP contribution in [0.5, 0.6) is 0 Å². The highest BCUT2D eigenvalue weighted by atomic mass is 19.3. The Balaban J connectivity index is 1.80. The number of benzene rings is 1. The molecule has 7 heteroatoms. The predicted molar refractivity (Wildman–Crippen MR) is 124 cm³/mol. The molecule has 0 saturated carbocycles. The van der Waals surface area contributed by atoms with Gasteiger partial charge in [0.2, 0.25) is 0 Å². The fourth-order valence-electron chi connectivity index (χ4n) is 3.75. The van der Waals surface area contributed by atoms with E-state index in [2.05, 4.69) is 41.4 Å². The molecule has 0 amide bonds. The van der Waals surface area contributed by atoms with E-state index in [0.717, 1.165) is 16.9 Å². The van der Waals surface area contributed by atoms with Gasteiger partial charge in [0.05, 0.1) is 11.6 Å². The smallest absolute Gasteiger partial charge is 0.258 e. The summed E-state index contributed by atoms with van der Waals surface area (Å²) in [5.41, 5.74) is 3.52. The molecule has 1 aliphatic rings. The highest BCUT2D eigenvalue weighted by Gasteiger charge is 2.34. The Kier molecular flexibility index (Phi) is 7.28. The van der Waals surface area contributed by atoms with Crippen LogP contribution in [0.15, 0.2) is 72.2 Å². The van der Waals surface area contributed by atoms with Gasteiger partial charge < -0.3 is 16.0 Å². The van der Waals surface area contributed by atoms with Crippen LogP contribution in [-0.4, -0.2) is 23.2 Å². The topological polar surface area (TPSA) is 66.1 Å². The van der Waals surface area contributed by atoms with E-state index in [9.17, 15) is 13.6 Å². The lowest BCUT2D eigenvalue weighted by Gasteiger charge is -2.33. The number of para-hydroxylation sites is 1. The molecule has 0 spiro atoms. The van der Waals surface area contributed by atoms with E-state index >= 15 is 0 Å². The third kappa shape index (κ3) is 6.15. The molecule has 1 aliphatic carbocycles. The normalized spacial score (nSPS) is 16.6. The average Bonchev–Trinajstić information content (AvgIpc) is 2.72. The zero-order valence-electron chi connectivity index (χ0n) is 18.7. The number of ketones is 1. The number of halogens is 2. The van der Waals surface area contributed by atoms with Crippen LogP contribution in [0.2, 0.25) is 0 Å². The maximum Gasteiger partial charge on any atom is 0.258 e. The third-order valence-corrected chi connectivity index (χ3v) is 5.33.